The minimum absolute atomic E-state index is 0.0182. The highest BCUT2D eigenvalue weighted by Crippen LogP contribution is 2.06. The number of hydrogen-bond acceptors (Lipinski definition) is 5. The van der Waals surface area contributed by atoms with Crippen molar-refractivity contribution in [1.82, 2.24) is 5.32 Å². The van der Waals surface area contributed by atoms with E-state index in [4.69, 9.17) is 10.5 Å². The smallest absolute Gasteiger partial charge is 0.414 e. The molecule has 0 aliphatic rings. The molecule has 1 radical (unpaired) electrons. The monoisotopic (exact) mass is 229 g/mol. The molecular weight excluding hydrogens is 212 g/mol. The molecule has 16 heavy (non-hydrogen) atoms. The Hall–Kier alpha value is -1.43. The van der Waals surface area contributed by atoms with Crippen molar-refractivity contribution in [3.05, 3.63) is 0 Å². The molecule has 1 unspecified atom stereocenters. The fourth-order valence-corrected chi connectivity index (χ4v) is 0.825. The highest BCUT2D eigenvalue weighted by atomic mass is 16.6. The number of carbonyl (C=O) groups excluding carboxylic acids is 3. The molecule has 0 aromatic rings. The van der Waals surface area contributed by atoms with Crippen molar-refractivity contribution in [2.45, 2.75) is 45.3 Å². The standard InChI is InChI=1S/C10H17N2O4/c1-10(2,3)16-9(15)12-8(14)5-4-7(11)6-13/h7H,4-5,11H2,1-3H3,(H,12,14,15). The molecule has 0 spiro atoms. The van der Waals surface area contributed by atoms with E-state index in [1.54, 1.807) is 27.1 Å². The number of imide groups is 1. The SMILES string of the molecule is CC(C)(C)OC(=O)NC(=O)CCC(N)[C]=O. The van der Waals surface area contributed by atoms with Crippen LogP contribution in [0.25, 0.3) is 0 Å². The third-order valence-corrected chi connectivity index (χ3v) is 1.47. The Balaban J connectivity index is 3.88. The third kappa shape index (κ3) is 7.93. The second-order valence-corrected chi connectivity index (χ2v) is 4.31. The van der Waals surface area contributed by atoms with Gasteiger partial charge in [-0.1, -0.05) is 0 Å². The van der Waals surface area contributed by atoms with E-state index in [0.29, 0.717) is 0 Å². The lowest BCUT2D eigenvalue weighted by molar-refractivity contribution is -0.120. The molecule has 91 valence electrons. The molecule has 0 fully saturated rings. The summed E-state index contributed by atoms with van der Waals surface area (Å²) in [7, 11) is 0. The van der Waals surface area contributed by atoms with Gasteiger partial charge in [-0.05, 0) is 27.2 Å². The van der Waals surface area contributed by atoms with Gasteiger partial charge in [-0.15, -0.1) is 0 Å². The quantitative estimate of drug-likeness (QED) is 0.720. The molecule has 6 heteroatoms. The number of hydrogen-bond donors (Lipinski definition) is 2. The lowest BCUT2D eigenvalue weighted by Crippen LogP contribution is -2.37. The second-order valence-electron chi connectivity index (χ2n) is 4.31. The molecule has 0 saturated heterocycles. The van der Waals surface area contributed by atoms with E-state index in [0.717, 1.165) is 0 Å². The predicted molar refractivity (Wildman–Crippen MR) is 57.3 cm³/mol. The maximum Gasteiger partial charge on any atom is 0.414 e. The summed E-state index contributed by atoms with van der Waals surface area (Å²) in [5, 5.41) is 2.03. The molecule has 0 rings (SSSR count). The van der Waals surface area contributed by atoms with Gasteiger partial charge in [0.2, 0.25) is 12.2 Å². The molecule has 6 nitrogen and oxygen atoms in total. The third-order valence-electron chi connectivity index (χ3n) is 1.47. The summed E-state index contributed by atoms with van der Waals surface area (Å²) in [6, 6.07) is -0.801. The van der Waals surface area contributed by atoms with Gasteiger partial charge in [0, 0.05) is 6.42 Å². The van der Waals surface area contributed by atoms with Gasteiger partial charge in [-0.3, -0.25) is 14.9 Å². The van der Waals surface area contributed by atoms with Crippen LogP contribution in [0.2, 0.25) is 0 Å². The number of ether oxygens (including phenoxy) is 1. The Morgan fingerprint density at radius 3 is 2.44 bits per heavy atom. The van der Waals surface area contributed by atoms with Gasteiger partial charge in [-0.2, -0.15) is 0 Å². The zero-order chi connectivity index (χ0) is 12.8. The van der Waals surface area contributed by atoms with E-state index in [9.17, 15) is 14.4 Å². The number of amides is 2. The summed E-state index contributed by atoms with van der Waals surface area (Å²) < 4.78 is 4.86. The van der Waals surface area contributed by atoms with Gasteiger partial charge in [-0.25, -0.2) is 4.79 Å². The summed E-state index contributed by atoms with van der Waals surface area (Å²) >= 11 is 0. The minimum atomic E-state index is -0.804. The van der Waals surface area contributed by atoms with E-state index >= 15 is 0 Å². The van der Waals surface area contributed by atoms with Gasteiger partial charge >= 0.3 is 6.09 Å². The summed E-state index contributed by atoms with van der Waals surface area (Å²) in [6.45, 7) is 5.07. The maximum atomic E-state index is 11.2. The van der Waals surface area contributed by atoms with E-state index in [1.807, 2.05) is 5.32 Å². The summed E-state index contributed by atoms with van der Waals surface area (Å²) in [6.07, 6.45) is 0.872. The average molecular weight is 229 g/mol. The van der Waals surface area contributed by atoms with Gasteiger partial charge in [0.25, 0.3) is 0 Å². The number of nitrogens with two attached hydrogens (primary N) is 1. The normalized spacial score (nSPS) is 12.8. The van der Waals surface area contributed by atoms with E-state index in [1.165, 1.54) is 0 Å². The first-order valence-corrected chi connectivity index (χ1v) is 4.90. The molecule has 0 heterocycles. The molecule has 0 saturated carbocycles. The van der Waals surface area contributed by atoms with Crippen LogP contribution in [-0.4, -0.2) is 29.9 Å². The zero-order valence-electron chi connectivity index (χ0n) is 9.70. The molecule has 1 atom stereocenters. The minimum Gasteiger partial charge on any atom is -0.444 e. The van der Waals surface area contributed by atoms with Crippen molar-refractivity contribution < 1.29 is 19.1 Å². The van der Waals surface area contributed by atoms with Crippen LogP contribution >= 0.6 is 0 Å². The Morgan fingerprint density at radius 1 is 1.44 bits per heavy atom. The van der Waals surface area contributed by atoms with Crippen LogP contribution in [0.3, 0.4) is 0 Å². The van der Waals surface area contributed by atoms with Crippen molar-refractivity contribution in [2.75, 3.05) is 0 Å². The van der Waals surface area contributed by atoms with Gasteiger partial charge in [0.1, 0.15) is 5.60 Å². The number of carbonyl (C=O) groups is 2. The lowest BCUT2D eigenvalue weighted by Gasteiger charge is -2.19. The number of alkyl carbamates (subject to hydrolysis) is 1. The fourth-order valence-electron chi connectivity index (χ4n) is 0.825. The van der Waals surface area contributed by atoms with E-state index in [-0.39, 0.29) is 12.8 Å². The Labute approximate surface area is 94.5 Å². The van der Waals surface area contributed by atoms with Crippen LogP contribution in [0.5, 0.6) is 0 Å². The first kappa shape index (κ1) is 14.6. The molecule has 0 aromatic heterocycles. The number of rotatable bonds is 4. The largest absolute Gasteiger partial charge is 0.444 e. The van der Waals surface area contributed by atoms with Gasteiger partial charge in [0.05, 0.1) is 6.04 Å². The van der Waals surface area contributed by atoms with Crippen LogP contribution in [0.1, 0.15) is 33.6 Å². The highest BCUT2D eigenvalue weighted by molar-refractivity contribution is 5.91. The molecule has 3 N–H and O–H groups in total. The van der Waals surface area contributed by atoms with Gasteiger partial charge in [0.15, 0.2) is 0 Å². The molecular formula is C10H17N2O4. The van der Waals surface area contributed by atoms with E-state index < -0.39 is 23.6 Å². The van der Waals surface area contributed by atoms with Crippen LogP contribution in [-0.2, 0) is 14.3 Å². The molecule has 2 amide bonds. The molecule has 0 aliphatic carbocycles. The average Bonchev–Trinajstić information content (AvgIpc) is 2.10. The molecule has 0 aromatic carbocycles. The Kier molecular flexibility index (Phi) is 5.66. The summed E-state index contributed by atoms with van der Waals surface area (Å²) in [4.78, 5) is 32.3. The summed E-state index contributed by atoms with van der Waals surface area (Å²) in [5.41, 5.74) is 4.58. The van der Waals surface area contributed by atoms with E-state index in [2.05, 4.69) is 0 Å². The van der Waals surface area contributed by atoms with Crippen LogP contribution < -0.4 is 11.1 Å². The van der Waals surface area contributed by atoms with Crippen LogP contribution in [0.15, 0.2) is 0 Å². The first-order valence-electron chi connectivity index (χ1n) is 4.90. The van der Waals surface area contributed by atoms with Crippen LogP contribution in [0.4, 0.5) is 4.79 Å². The van der Waals surface area contributed by atoms with Crippen molar-refractivity contribution in [1.29, 1.82) is 0 Å². The molecule has 0 aliphatic heterocycles. The van der Waals surface area contributed by atoms with Crippen molar-refractivity contribution in [3.63, 3.8) is 0 Å². The topological polar surface area (TPSA) is 98.5 Å². The highest BCUT2D eigenvalue weighted by Gasteiger charge is 2.18. The van der Waals surface area contributed by atoms with Crippen LogP contribution in [0, 0.1) is 0 Å². The zero-order valence-corrected chi connectivity index (χ0v) is 9.70. The van der Waals surface area contributed by atoms with Crippen molar-refractivity contribution in [2.24, 2.45) is 5.73 Å². The maximum absolute atomic E-state index is 11.2. The molecule has 0 bridgehead atoms. The Bertz CT molecular complexity index is 270. The second kappa shape index (κ2) is 6.22. The van der Waals surface area contributed by atoms with Crippen molar-refractivity contribution >= 4 is 18.3 Å². The number of nitrogens with one attached hydrogen (secondary N) is 1. The Morgan fingerprint density at radius 2 is 2.00 bits per heavy atom. The lowest BCUT2D eigenvalue weighted by atomic mass is 10.2. The summed E-state index contributed by atoms with van der Waals surface area (Å²) in [5.74, 6) is -0.528. The predicted octanol–water partition coefficient (Wildman–Crippen LogP) is 0.255. The fraction of sp³-hybridized carbons (Fsp3) is 0.700. The first-order chi connectivity index (χ1) is 7.24. The van der Waals surface area contributed by atoms with Gasteiger partial charge < -0.3 is 10.5 Å². The van der Waals surface area contributed by atoms with Crippen molar-refractivity contribution in [3.8, 4) is 0 Å².